The van der Waals surface area contributed by atoms with Crippen molar-refractivity contribution in [1.82, 2.24) is 10.3 Å². The SMILES string of the molecule is O=C(O)c1csc(CNC(=O)c2cc(Br)ccc2Cl)n1. The van der Waals surface area contributed by atoms with Gasteiger partial charge in [-0.3, -0.25) is 4.79 Å². The van der Waals surface area contributed by atoms with Gasteiger partial charge in [-0.1, -0.05) is 27.5 Å². The minimum Gasteiger partial charge on any atom is -0.476 e. The number of hydrogen-bond acceptors (Lipinski definition) is 4. The van der Waals surface area contributed by atoms with Crippen LogP contribution in [0.15, 0.2) is 28.1 Å². The van der Waals surface area contributed by atoms with Gasteiger partial charge < -0.3 is 10.4 Å². The van der Waals surface area contributed by atoms with Crippen molar-refractivity contribution in [2.45, 2.75) is 6.54 Å². The van der Waals surface area contributed by atoms with Gasteiger partial charge in [0.2, 0.25) is 0 Å². The second-order valence-corrected chi connectivity index (χ2v) is 6.00. The topological polar surface area (TPSA) is 79.3 Å². The highest BCUT2D eigenvalue weighted by Crippen LogP contribution is 2.21. The van der Waals surface area contributed by atoms with Gasteiger partial charge in [-0.15, -0.1) is 11.3 Å². The van der Waals surface area contributed by atoms with Gasteiger partial charge in [0.1, 0.15) is 5.01 Å². The molecule has 1 heterocycles. The molecule has 0 bridgehead atoms. The largest absolute Gasteiger partial charge is 0.476 e. The van der Waals surface area contributed by atoms with E-state index in [9.17, 15) is 9.59 Å². The number of thiazole rings is 1. The Balaban J connectivity index is 2.04. The van der Waals surface area contributed by atoms with E-state index in [0.717, 1.165) is 4.47 Å². The highest BCUT2D eigenvalue weighted by Gasteiger charge is 2.13. The number of carboxylic acids is 1. The molecular weight excluding hydrogens is 368 g/mol. The normalized spacial score (nSPS) is 10.3. The van der Waals surface area contributed by atoms with Crippen molar-refractivity contribution in [2.75, 3.05) is 0 Å². The van der Waals surface area contributed by atoms with E-state index in [1.807, 2.05) is 0 Å². The molecule has 2 aromatic rings. The molecule has 0 saturated heterocycles. The van der Waals surface area contributed by atoms with E-state index < -0.39 is 5.97 Å². The number of aromatic nitrogens is 1. The van der Waals surface area contributed by atoms with Crippen molar-refractivity contribution in [1.29, 1.82) is 0 Å². The molecule has 0 aliphatic heterocycles. The lowest BCUT2D eigenvalue weighted by Crippen LogP contribution is -2.23. The first-order valence-corrected chi connectivity index (χ1v) is 7.43. The average Bonchev–Trinajstić information content (AvgIpc) is 2.88. The van der Waals surface area contributed by atoms with Gasteiger partial charge in [-0.25, -0.2) is 9.78 Å². The van der Waals surface area contributed by atoms with Gasteiger partial charge in [0.25, 0.3) is 5.91 Å². The fourth-order valence-electron chi connectivity index (χ4n) is 1.41. The molecule has 5 nitrogen and oxygen atoms in total. The second kappa shape index (κ2) is 6.34. The number of aromatic carboxylic acids is 1. The van der Waals surface area contributed by atoms with Gasteiger partial charge in [0, 0.05) is 9.85 Å². The van der Waals surface area contributed by atoms with Gasteiger partial charge in [0.05, 0.1) is 17.1 Å². The van der Waals surface area contributed by atoms with Crippen LogP contribution in [0.25, 0.3) is 0 Å². The van der Waals surface area contributed by atoms with Gasteiger partial charge in [0.15, 0.2) is 5.69 Å². The van der Waals surface area contributed by atoms with E-state index in [0.29, 0.717) is 15.6 Å². The Morgan fingerprint density at radius 2 is 2.20 bits per heavy atom. The van der Waals surface area contributed by atoms with Crippen molar-refractivity contribution >= 4 is 50.7 Å². The summed E-state index contributed by atoms with van der Waals surface area (Å²) in [5.74, 6) is -1.43. The summed E-state index contributed by atoms with van der Waals surface area (Å²) in [5.41, 5.74) is 0.316. The second-order valence-electron chi connectivity index (χ2n) is 3.74. The molecule has 0 radical (unpaired) electrons. The lowest BCUT2D eigenvalue weighted by Gasteiger charge is -2.05. The highest BCUT2D eigenvalue weighted by atomic mass is 79.9. The summed E-state index contributed by atoms with van der Waals surface area (Å²) in [6, 6.07) is 4.97. The molecular formula is C12H8BrClN2O3S. The fourth-order valence-corrected chi connectivity index (χ4v) is 2.69. The number of hydrogen-bond donors (Lipinski definition) is 2. The molecule has 0 unspecified atom stereocenters. The quantitative estimate of drug-likeness (QED) is 0.860. The van der Waals surface area contributed by atoms with Crippen LogP contribution in [-0.4, -0.2) is 22.0 Å². The highest BCUT2D eigenvalue weighted by molar-refractivity contribution is 9.10. The molecule has 0 aliphatic carbocycles. The first kappa shape index (κ1) is 15.0. The third-order valence-electron chi connectivity index (χ3n) is 2.34. The van der Waals surface area contributed by atoms with Crippen LogP contribution in [0, 0.1) is 0 Å². The smallest absolute Gasteiger partial charge is 0.355 e. The monoisotopic (exact) mass is 374 g/mol. The summed E-state index contributed by atoms with van der Waals surface area (Å²) in [5, 5.41) is 13.7. The van der Waals surface area contributed by atoms with E-state index in [-0.39, 0.29) is 18.1 Å². The standard InChI is InChI=1S/C12H8BrClN2O3S/c13-6-1-2-8(14)7(3-6)11(17)15-4-10-16-9(5-20-10)12(18)19/h1-3,5H,4H2,(H,15,17)(H,18,19). The number of carbonyl (C=O) groups excluding carboxylic acids is 1. The Kier molecular flexibility index (Phi) is 4.74. The van der Waals surface area contributed by atoms with Crippen molar-refractivity contribution in [3.8, 4) is 0 Å². The Bertz CT molecular complexity index is 674. The van der Waals surface area contributed by atoms with Crippen LogP contribution in [0.3, 0.4) is 0 Å². The lowest BCUT2D eigenvalue weighted by molar-refractivity contribution is 0.0691. The Hall–Kier alpha value is -1.44. The van der Waals surface area contributed by atoms with E-state index in [4.69, 9.17) is 16.7 Å². The molecule has 0 aliphatic rings. The number of rotatable bonds is 4. The molecule has 0 spiro atoms. The summed E-state index contributed by atoms with van der Waals surface area (Å²) < 4.78 is 0.745. The van der Waals surface area contributed by atoms with Crippen LogP contribution >= 0.6 is 38.9 Å². The average molecular weight is 376 g/mol. The minimum atomic E-state index is -1.09. The maximum Gasteiger partial charge on any atom is 0.355 e. The summed E-state index contributed by atoms with van der Waals surface area (Å²) in [6.07, 6.45) is 0. The van der Waals surface area contributed by atoms with Crippen LogP contribution < -0.4 is 5.32 Å². The maximum atomic E-state index is 12.0. The van der Waals surface area contributed by atoms with E-state index >= 15 is 0 Å². The number of carbonyl (C=O) groups is 2. The van der Waals surface area contributed by atoms with Crippen molar-refractivity contribution in [2.24, 2.45) is 0 Å². The lowest BCUT2D eigenvalue weighted by atomic mass is 10.2. The molecule has 1 aromatic heterocycles. The molecule has 8 heteroatoms. The van der Waals surface area contributed by atoms with Gasteiger partial charge in [-0.05, 0) is 18.2 Å². The minimum absolute atomic E-state index is 0.0280. The first-order valence-electron chi connectivity index (χ1n) is 5.38. The van der Waals surface area contributed by atoms with Crippen molar-refractivity contribution in [3.63, 3.8) is 0 Å². The molecule has 0 fully saturated rings. The van der Waals surface area contributed by atoms with Gasteiger partial charge >= 0.3 is 5.97 Å². The van der Waals surface area contributed by atoms with E-state index in [1.54, 1.807) is 18.2 Å². The van der Waals surface area contributed by atoms with Crippen LogP contribution in [0.2, 0.25) is 5.02 Å². The molecule has 1 aromatic carbocycles. The summed E-state index contributed by atoms with van der Waals surface area (Å²) in [4.78, 5) is 26.5. The number of nitrogens with one attached hydrogen (secondary N) is 1. The zero-order chi connectivity index (χ0) is 14.7. The van der Waals surface area contributed by atoms with Crippen LogP contribution in [-0.2, 0) is 6.54 Å². The summed E-state index contributed by atoms with van der Waals surface area (Å²) in [7, 11) is 0. The summed E-state index contributed by atoms with van der Waals surface area (Å²) in [6.45, 7) is 0.152. The van der Waals surface area contributed by atoms with E-state index in [2.05, 4.69) is 26.2 Å². The molecule has 2 rings (SSSR count). The molecule has 1 amide bonds. The third-order valence-corrected chi connectivity index (χ3v) is 4.02. The molecule has 104 valence electrons. The third kappa shape index (κ3) is 3.56. The first-order chi connectivity index (χ1) is 9.47. The van der Waals surface area contributed by atoms with Crippen molar-refractivity contribution < 1.29 is 14.7 Å². The van der Waals surface area contributed by atoms with E-state index in [1.165, 1.54) is 16.7 Å². The van der Waals surface area contributed by atoms with Crippen LogP contribution in [0.4, 0.5) is 0 Å². The van der Waals surface area contributed by atoms with Crippen LogP contribution in [0.5, 0.6) is 0 Å². The molecule has 20 heavy (non-hydrogen) atoms. The van der Waals surface area contributed by atoms with Crippen LogP contribution in [0.1, 0.15) is 25.9 Å². The Labute approximate surface area is 131 Å². The predicted octanol–water partition coefficient (Wildman–Crippen LogP) is 3.19. The zero-order valence-corrected chi connectivity index (χ0v) is 13.1. The maximum absolute atomic E-state index is 12.0. The predicted molar refractivity (Wildman–Crippen MR) is 79.4 cm³/mol. The fraction of sp³-hybridized carbons (Fsp3) is 0.0833. The molecule has 0 saturated carbocycles. The number of amides is 1. The number of halogens is 2. The van der Waals surface area contributed by atoms with Gasteiger partial charge in [-0.2, -0.15) is 0 Å². The Morgan fingerprint density at radius 1 is 1.45 bits per heavy atom. The number of benzene rings is 1. The zero-order valence-electron chi connectivity index (χ0n) is 9.89. The molecule has 2 N–H and O–H groups in total. The molecule has 0 atom stereocenters. The number of carboxylic acid groups (broad SMARTS) is 1. The van der Waals surface area contributed by atoms with Crippen molar-refractivity contribution in [3.05, 3.63) is 49.3 Å². The summed E-state index contributed by atoms with van der Waals surface area (Å²) >= 11 is 10.4. The number of nitrogens with zero attached hydrogens (tertiary/aromatic N) is 1. The Morgan fingerprint density at radius 3 is 2.85 bits per heavy atom.